The molecular weight excluding hydrogens is 426 g/mol. The van der Waals surface area contributed by atoms with Crippen LogP contribution in [0, 0.1) is 27.9 Å². The first-order valence-corrected chi connectivity index (χ1v) is 10.5. The number of amides is 2. The molecule has 2 aliphatic heterocycles. The van der Waals surface area contributed by atoms with Crippen LogP contribution in [0.1, 0.15) is 19.4 Å². The Hall–Kier alpha value is -3.85. The van der Waals surface area contributed by atoms with E-state index in [1.807, 2.05) is 30.3 Å². The molecular formula is C24H23N3O6. The van der Waals surface area contributed by atoms with Gasteiger partial charge in [-0.3, -0.25) is 29.8 Å². The van der Waals surface area contributed by atoms with Crippen molar-refractivity contribution in [2.24, 2.45) is 17.8 Å². The quantitative estimate of drug-likeness (QED) is 0.394. The number of carbonyl (C=O) groups is 3. The third-order valence-corrected chi connectivity index (χ3v) is 6.49. The van der Waals surface area contributed by atoms with Crippen molar-refractivity contribution in [3.8, 4) is 0 Å². The Morgan fingerprint density at radius 3 is 2.45 bits per heavy atom. The maximum Gasteiger partial charge on any atom is 0.325 e. The number of carboxylic acid groups (broad SMARTS) is 1. The van der Waals surface area contributed by atoms with Gasteiger partial charge in [-0.1, -0.05) is 62.4 Å². The third kappa shape index (κ3) is 3.50. The molecule has 4 rings (SSSR count). The van der Waals surface area contributed by atoms with Crippen LogP contribution in [0.25, 0.3) is 6.08 Å². The van der Waals surface area contributed by atoms with Crippen molar-refractivity contribution < 1.29 is 24.4 Å². The number of hydrogen-bond acceptors (Lipinski definition) is 6. The highest BCUT2D eigenvalue weighted by molar-refractivity contribution is 6.24. The number of carbonyl (C=O) groups excluding carboxylic acids is 2. The molecule has 0 saturated carbocycles. The lowest BCUT2D eigenvalue weighted by atomic mass is 9.73. The largest absolute Gasteiger partial charge is 0.480 e. The second kappa shape index (κ2) is 8.25. The van der Waals surface area contributed by atoms with Crippen molar-refractivity contribution in [3.63, 3.8) is 0 Å². The predicted octanol–water partition coefficient (Wildman–Crippen LogP) is 2.87. The number of hydrogen-bond donors (Lipinski definition) is 2. The van der Waals surface area contributed by atoms with Gasteiger partial charge in [0.2, 0.25) is 11.8 Å². The number of nitrogens with zero attached hydrogens (tertiary/aromatic N) is 2. The summed E-state index contributed by atoms with van der Waals surface area (Å²) in [4.78, 5) is 51.0. The molecule has 0 aromatic heterocycles. The highest BCUT2D eigenvalue weighted by atomic mass is 16.6. The number of rotatable bonds is 6. The summed E-state index contributed by atoms with van der Waals surface area (Å²) in [6.45, 7) is 3.38. The number of nitro benzene ring substituents is 1. The average molecular weight is 449 g/mol. The number of nitro groups is 1. The van der Waals surface area contributed by atoms with E-state index in [1.54, 1.807) is 26.0 Å². The van der Waals surface area contributed by atoms with Crippen LogP contribution in [0.5, 0.6) is 0 Å². The molecule has 2 heterocycles. The lowest BCUT2D eigenvalue weighted by molar-refractivity contribution is -0.384. The molecule has 33 heavy (non-hydrogen) atoms. The summed E-state index contributed by atoms with van der Waals surface area (Å²) in [5.74, 6) is -5.11. The fraction of sp³-hybridized carbons (Fsp3) is 0.292. The Bertz CT molecular complexity index is 1160. The smallest absolute Gasteiger partial charge is 0.325 e. The highest BCUT2D eigenvalue weighted by Crippen LogP contribution is 2.48. The maximum absolute atomic E-state index is 13.5. The minimum atomic E-state index is -1.67. The maximum atomic E-state index is 13.5. The Kier molecular flexibility index (Phi) is 5.59. The molecule has 2 aliphatic rings. The van der Waals surface area contributed by atoms with Crippen molar-refractivity contribution >= 4 is 35.2 Å². The van der Waals surface area contributed by atoms with Gasteiger partial charge in [0.15, 0.2) is 0 Å². The topological polar surface area (TPSA) is 130 Å². The number of benzene rings is 2. The highest BCUT2D eigenvalue weighted by Gasteiger charge is 2.69. The summed E-state index contributed by atoms with van der Waals surface area (Å²) < 4.78 is 0. The first-order valence-electron chi connectivity index (χ1n) is 10.5. The van der Waals surface area contributed by atoms with Crippen LogP contribution in [-0.2, 0) is 14.4 Å². The van der Waals surface area contributed by atoms with Crippen LogP contribution in [0.3, 0.4) is 0 Å². The number of anilines is 1. The van der Waals surface area contributed by atoms with E-state index in [-0.39, 0.29) is 11.4 Å². The summed E-state index contributed by atoms with van der Waals surface area (Å²) >= 11 is 0. The molecule has 2 fully saturated rings. The molecule has 2 saturated heterocycles. The lowest BCUT2D eigenvalue weighted by Crippen LogP contribution is -2.60. The van der Waals surface area contributed by atoms with Gasteiger partial charge in [-0.15, -0.1) is 0 Å². The molecule has 0 aliphatic carbocycles. The molecule has 2 amide bonds. The number of nitrogens with one attached hydrogen (secondary N) is 1. The van der Waals surface area contributed by atoms with Crippen LogP contribution in [0.2, 0.25) is 0 Å². The second-order valence-electron chi connectivity index (χ2n) is 8.56. The van der Waals surface area contributed by atoms with Gasteiger partial charge in [0.25, 0.3) is 5.69 Å². The second-order valence-corrected chi connectivity index (χ2v) is 8.56. The van der Waals surface area contributed by atoms with Crippen molar-refractivity contribution in [2.45, 2.75) is 25.4 Å². The van der Waals surface area contributed by atoms with Crippen LogP contribution >= 0.6 is 0 Å². The van der Waals surface area contributed by atoms with E-state index >= 15 is 0 Å². The van der Waals surface area contributed by atoms with Crippen LogP contribution < -0.4 is 10.2 Å². The SMILES string of the molecule is CC(C)C1(C(=O)O)NC(C=Cc2ccccc2)C2C(=O)N(c3cccc([N+](=O)[O-])c3)C(=O)C21. The van der Waals surface area contributed by atoms with Gasteiger partial charge in [0.05, 0.1) is 22.4 Å². The molecule has 2 aromatic carbocycles. The van der Waals surface area contributed by atoms with E-state index in [2.05, 4.69) is 5.32 Å². The Morgan fingerprint density at radius 1 is 1.15 bits per heavy atom. The van der Waals surface area contributed by atoms with Crippen molar-refractivity contribution in [3.05, 3.63) is 76.4 Å². The standard InChI is InChI=1S/C24H23N3O6/c1-14(2)24(23(30)31)20-19(18(25-24)12-11-15-7-4-3-5-8-15)21(28)26(22(20)29)16-9-6-10-17(13-16)27(32)33/h3-14,18-20,25H,1-2H3,(H,30,31). The molecule has 9 nitrogen and oxygen atoms in total. The number of fused-ring (bicyclic) bond motifs is 1. The van der Waals surface area contributed by atoms with Crippen molar-refractivity contribution in [2.75, 3.05) is 4.90 Å². The molecule has 2 aromatic rings. The lowest BCUT2D eigenvalue weighted by Gasteiger charge is -2.34. The summed E-state index contributed by atoms with van der Waals surface area (Å²) in [6, 6.07) is 13.8. The van der Waals surface area contributed by atoms with Crippen molar-refractivity contribution in [1.82, 2.24) is 5.32 Å². The zero-order valence-electron chi connectivity index (χ0n) is 18.0. The van der Waals surface area contributed by atoms with Gasteiger partial charge in [0, 0.05) is 18.2 Å². The van der Waals surface area contributed by atoms with E-state index in [9.17, 15) is 29.6 Å². The Balaban J connectivity index is 1.80. The number of aliphatic carboxylic acids is 1. The van der Waals surface area contributed by atoms with Gasteiger partial charge in [-0.05, 0) is 17.5 Å². The minimum Gasteiger partial charge on any atom is -0.480 e. The summed E-state index contributed by atoms with van der Waals surface area (Å²) in [5, 5.41) is 24.5. The molecule has 0 spiro atoms. The number of imide groups is 1. The number of non-ortho nitro benzene ring substituents is 1. The van der Waals surface area contributed by atoms with E-state index in [4.69, 9.17) is 0 Å². The van der Waals surface area contributed by atoms with Crippen molar-refractivity contribution in [1.29, 1.82) is 0 Å². The van der Waals surface area contributed by atoms with E-state index < -0.39 is 52.0 Å². The predicted molar refractivity (Wildman–Crippen MR) is 120 cm³/mol. The van der Waals surface area contributed by atoms with E-state index in [0.29, 0.717) is 0 Å². The first-order chi connectivity index (χ1) is 15.7. The molecule has 4 atom stereocenters. The molecule has 2 N–H and O–H groups in total. The Morgan fingerprint density at radius 2 is 1.85 bits per heavy atom. The molecule has 170 valence electrons. The molecule has 0 bridgehead atoms. The fourth-order valence-corrected chi connectivity index (χ4v) is 4.90. The van der Waals surface area contributed by atoms with Crippen LogP contribution in [-0.4, -0.2) is 39.4 Å². The van der Waals surface area contributed by atoms with E-state index in [0.717, 1.165) is 16.5 Å². The summed E-state index contributed by atoms with van der Waals surface area (Å²) in [6.07, 6.45) is 3.49. The van der Waals surface area contributed by atoms with Gasteiger partial charge >= 0.3 is 5.97 Å². The minimum absolute atomic E-state index is 0.0578. The first kappa shape index (κ1) is 22.3. The van der Waals surface area contributed by atoms with Crippen LogP contribution in [0.15, 0.2) is 60.7 Å². The third-order valence-electron chi connectivity index (χ3n) is 6.49. The van der Waals surface area contributed by atoms with Crippen LogP contribution in [0.4, 0.5) is 11.4 Å². The Labute approximate surface area is 189 Å². The zero-order chi connectivity index (χ0) is 23.9. The summed E-state index contributed by atoms with van der Waals surface area (Å²) in [7, 11) is 0. The fourth-order valence-electron chi connectivity index (χ4n) is 4.90. The summed E-state index contributed by atoms with van der Waals surface area (Å²) in [5.41, 5.74) is -1.02. The van der Waals surface area contributed by atoms with Gasteiger partial charge < -0.3 is 5.11 Å². The molecule has 9 heteroatoms. The normalized spacial score (nSPS) is 26.9. The zero-order valence-corrected chi connectivity index (χ0v) is 18.0. The monoisotopic (exact) mass is 449 g/mol. The van der Waals surface area contributed by atoms with Gasteiger partial charge in [0.1, 0.15) is 5.54 Å². The molecule has 0 radical (unpaired) electrons. The average Bonchev–Trinajstić information content (AvgIpc) is 3.27. The van der Waals surface area contributed by atoms with E-state index in [1.165, 1.54) is 18.2 Å². The van der Waals surface area contributed by atoms with Gasteiger partial charge in [-0.2, -0.15) is 0 Å². The van der Waals surface area contributed by atoms with Gasteiger partial charge in [-0.25, -0.2) is 4.90 Å². The molecule has 4 unspecified atom stereocenters. The number of carboxylic acids is 1.